The van der Waals surface area contributed by atoms with Crippen molar-refractivity contribution in [3.05, 3.63) is 23.8 Å². The molecule has 148 valence electrons. The van der Waals surface area contributed by atoms with Crippen LogP contribution in [0.15, 0.2) is 18.2 Å². The van der Waals surface area contributed by atoms with Crippen LogP contribution in [0, 0.1) is 5.41 Å². The highest BCUT2D eigenvalue weighted by atomic mass is 16.5. The Morgan fingerprint density at radius 2 is 1.85 bits per heavy atom. The molecule has 7 heteroatoms. The lowest BCUT2D eigenvalue weighted by molar-refractivity contribution is -0.141. The molecule has 0 unspecified atom stereocenters. The van der Waals surface area contributed by atoms with Gasteiger partial charge in [0.1, 0.15) is 6.04 Å². The van der Waals surface area contributed by atoms with E-state index in [0.717, 1.165) is 25.9 Å². The minimum absolute atomic E-state index is 0.0992. The maximum atomic E-state index is 13.2. The third kappa shape index (κ3) is 4.03. The molecule has 1 atom stereocenters. The molecular formula is C20H28N2O5. The van der Waals surface area contributed by atoms with Crippen LogP contribution in [0.5, 0.6) is 11.5 Å². The number of rotatable bonds is 6. The Bertz CT molecular complexity index is 700. The van der Waals surface area contributed by atoms with E-state index in [2.05, 4.69) is 5.32 Å². The van der Waals surface area contributed by atoms with Crippen LogP contribution in [-0.4, -0.2) is 60.8 Å². The maximum absolute atomic E-state index is 13.2. The normalized spacial score (nSPS) is 21.3. The van der Waals surface area contributed by atoms with Crippen LogP contribution in [0.4, 0.5) is 0 Å². The molecule has 2 aliphatic heterocycles. The first-order valence-corrected chi connectivity index (χ1v) is 9.64. The molecule has 7 nitrogen and oxygen atoms in total. The molecule has 0 radical (unpaired) electrons. The van der Waals surface area contributed by atoms with Crippen molar-refractivity contribution in [2.45, 2.75) is 39.2 Å². The molecular weight excluding hydrogens is 348 g/mol. The number of carbonyl (C=O) groups excluding carboxylic acids is 1. The molecule has 2 saturated heterocycles. The van der Waals surface area contributed by atoms with Crippen LogP contribution in [0.2, 0.25) is 0 Å². The smallest absolute Gasteiger partial charge is 0.326 e. The third-order valence-electron chi connectivity index (χ3n) is 5.51. The molecule has 1 spiro atoms. The fourth-order valence-electron chi connectivity index (χ4n) is 4.16. The van der Waals surface area contributed by atoms with Gasteiger partial charge in [-0.25, -0.2) is 4.79 Å². The van der Waals surface area contributed by atoms with E-state index < -0.39 is 12.0 Å². The van der Waals surface area contributed by atoms with Gasteiger partial charge in [0.25, 0.3) is 5.91 Å². The van der Waals surface area contributed by atoms with Crippen molar-refractivity contribution in [1.29, 1.82) is 0 Å². The van der Waals surface area contributed by atoms with Crippen molar-refractivity contribution >= 4 is 11.9 Å². The number of nitrogens with zero attached hydrogens (tertiary/aromatic N) is 1. The fraction of sp³-hybridized carbons (Fsp3) is 0.600. The molecule has 2 heterocycles. The van der Waals surface area contributed by atoms with Gasteiger partial charge in [-0.1, -0.05) is 0 Å². The second kappa shape index (κ2) is 8.17. The average molecular weight is 376 g/mol. The van der Waals surface area contributed by atoms with E-state index in [1.54, 1.807) is 18.2 Å². The first-order chi connectivity index (χ1) is 13.0. The zero-order valence-corrected chi connectivity index (χ0v) is 16.0. The van der Waals surface area contributed by atoms with Gasteiger partial charge in [-0.05, 0) is 69.8 Å². The standard InChI is InChI=1S/C20H28N2O5/c1-3-26-16-6-5-14(11-17(16)27-4-2)18(23)22-13-20(7-9-21-10-8-20)12-15(22)19(24)25/h5-6,11,15,21H,3-4,7-10,12-13H2,1-2H3,(H,24,25)/t15-/m1/s1. The number of aliphatic carboxylic acids is 1. The van der Waals surface area contributed by atoms with Crippen LogP contribution in [-0.2, 0) is 4.79 Å². The molecule has 0 saturated carbocycles. The van der Waals surface area contributed by atoms with E-state index >= 15 is 0 Å². The Morgan fingerprint density at radius 1 is 1.19 bits per heavy atom. The molecule has 27 heavy (non-hydrogen) atoms. The Morgan fingerprint density at radius 3 is 2.48 bits per heavy atom. The van der Waals surface area contributed by atoms with Crippen molar-refractivity contribution in [1.82, 2.24) is 10.2 Å². The number of piperidine rings is 1. The number of amides is 1. The average Bonchev–Trinajstić information content (AvgIpc) is 3.03. The fourth-order valence-corrected chi connectivity index (χ4v) is 4.16. The lowest BCUT2D eigenvalue weighted by Gasteiger charge is -2.33. The van der Waals surface area contributed by atoms with Gasteiger partial charge in [0.05, 0.1) is 13.2 Å². The Kier molecular flexibility index (Phi) is 5.89. The summed E-state index contributed by atoms with van der Waals surface area (Å²) in [7, 11) is 0. The van der Waals surface area contributed by atoms with Crippen molar-refractivity contribution in [3.63, 3.8) is 0 Å². The first kappa shape index (κ1) is 19.5. The number of ether oxygens (including phenoxy) is 2. The van der Waals surface area contributed by atoms with E-state index in [-0.39, 0.29) is 11.3 Å². The van der Waals surface area contributed by atoms with E-state index in [0.29, 0.717) is 43.2 Å². The monoisotopic (exact) mass is 376 g/mol. The van der Waals surface area contributed by atoms with Gasteiger partial charge in [0.2, 0.25) is 0 Å². The van der Waals surface area contributed by atoms with Crippen LogP contribution in [0.3, 0.4) is 0 Å². The topological polar surface area (TPSA) is 88.1 Å². The number of benzene rings is 1. The lowest BCUT2D eigenvalue weighted by Crippen LogP contribution is -2.42. The number of likely N-dealkylation sites (tertiary alicyclic amines) is 1. The number of carbonyl (C=O) groups is 2. The summed E-state index contributed by atoms with van der Waals surface area (Å²) in [6.45, 7) is 6.92. The second-order valence-corrected chi connectivity index (χ2v) is 7.27. The van der Waals surface area contributed by atoms with Crippen LogP contribution >= 0.6 is 0 Å². The molecule has 2 aliphatic rings. The van der Waals surface area contributed by atoms with Gasteiger partial charge < -0.3 is 24.8 Å². The van der Waals surface area contributed by atoms with Crippen molar-refractivity contribution in [2.24, 2.45) is 5.41 Å². The molecule has 0 bridgehead atoms. The zero-order valence-electron chi connectivity index (χ0n) is 16.0. The lowest BCUT2D eigenvalue weighted by atomic mass is 9.77. The molecule has 0 aliphatic carbocycles. The summed E-state index contributed by atoms with van der Waals surface area (Å²) in [5.74, 6) is -0.105. The maximum Gasteiger partial charge on any atom is 0.326 e. The highest BCUT2D eigenvalue weighted by Gasteiger charge is 2.49. The van der Waals surface area contributed by atoms with E-state index in [4.69, 9.17) is 9.47 Å². The van der Waals surface area contributed by atoms with E-state index in [1.165, 1.54) is 4.90 Å². The summed E-state index contributed by atoms with van der Waals surface area (Å²) in [4.78, 5) is 26.5. The van der Waals surface area contributed by atoms with Gasteiger partial charge >= 0.3 is 5.97 Å². The largest absolute Gasteiger partial charge is 0.490 e. The zero-order chi connectivity index (χ0) is 19.4. The SMILES string of the molecule is CCOc1ccc(C(=O)N2CC3(CCNCC3)C[C@@H]2C(=O)O)cc1OCC. The van der Waals surface area contributed by atoms with Crippen LogP contribution in [0.25, 0.3) is 0 Å². The van der Waals surface area contributed by atoms with Gasteiger partial charge in [-0.2, -0.15) is 0 Å². The van der Waals surface area contributed by atoms with Gasteiger partial charge in [-0.3, -0.25) is 4.79 Å². The summed E-state index contributed by atoms with van der Waals surface area (Å²) in [5.41, 5.74) is 0.331. The molecule has 2 N–H and O–H groups in total. The third-order valence-corrected chi connectivity index (χ3v) is 5.51. The Labute approximate surface area is 159 Å². The van der Waals surface area contributed by atoms with E-state index in [1.807, 2.05) is 13.8 Å². The summed E-state index contributed by atoms with van der Waals surface area (Å²) < 4.78 is 11.2. The number of hydrogen-bond donors (Lipinski definition) is 2. The van der Waals surface area contributed by atoms with E-state index in [9.17, 15) is 14.7 Å². The number of carboxylic acid groups (broad SMARTS) is 1. The second-order valence-electron chi connectivity index (χ2n) is 7.27. The minimum atomic E-state index is -0.935. The number of carboxylic acids is 1. The summed E-state index contributed by atoms with van der Waals surface area (Å²) in [5, 5.41) is 13.0. The molecule has 0 aromatic heterocycles. The predicted molar refractivity (Wildman–Crippen MR) is 100 cm³/mol. The van der Waals surface area contributed by atoms with Crippen molar-refractivity contribution in [3.8, 4) is 11.5 Å². The van der Waals surface area contributed by atoms with Crippen LogP contribution in [0.1, 0.15) is 43.5 Å². The van der Waals surface area contributed by atoms with Crippen molar-refractivity contribution in [2.75, 3.05) is 32.8 Å². The number of nitrogens with one attached hydrogen (secondary N) is 1. The predicted octanol–water partition coefficient (Wildman–Crippen LogP) is 2.15. The van der Waals surface area contributed by atoms with Crippen LogP contribution < -0.4 is 14.8 Å². The molecule has 1 aromatic rings. The molecule has 1 amide bonds. The highest BCUT2D eigenvalue weighted by Crippen LogP contribution is 2.43. The quantitative estimate of drug-likeness (QED) is 0.791. The highest BCUT2D eigenvalue weighted by molar-refractivity contribution is 5.97. The number of hydrogen-bond acceptors (Lipinski definition) is 5. The Balaban J connectivity index is 1.86. The Hall–Kier alpha value is -2.28. The van der Waals surface area contributed by atoms with Gasteiger partial charge in [-0.15, -0.1) is 0 Å². The first-order valence-electron chi connectivity index (χ1n) is 9.64. The summed E-state index contributed by atoms with van der Waals surface area (Å²) in [6, 6.07) is 4.27. The van der Waals surface area contributed by atoms with Crippen molar-refractivity contribution < 1.29 is 24.2 Å². The minimum Gasteiger partial charge on any atom is -0.490 e. The molecule has 1 aromatic carbocycles. The van der Waals surface area contributed by atoms with Gasteiger partial charge in [0, 0.05) is 12.1 Å². The van der Waals surface area contributed by atoms with Gasteiger partial charge in [0.15, 0.2) is 11.5 Å². The molecule has 2 fully saturated rings. The molecule has 3 rings (SSSR count). The summed E-state index contributed by atoms with van der Waals surface area (Å²) in [6.07, 6.45) is 2.31. The summed E-state index contributed by atoms with van der Waals surface area (Å²) >= 11 is 0.